The summed E-state index contributed by atoms with van der Waals surface area (Å²) in [6, 6.07) is 4.32. The molecule has 1 amide bonds. The quantitative estimate of drug-likeness (QED) is 0.880. The van der Waals surface area contributed by atoms with Gasteiger partial charge in [-0.25, -0.2) is 10.1 Å². The van der Waals surface area contributed by atoms with Gasteiger partial charge in [0.25, 0.3) is 11.5 Å². The number of pyridine rings is 1. The molecule has 0 saturated heterocycles. The van der Waals surface area contributed by atoms with Crippen LogP contribution in [0, 0.1) is 6.92 Å². The van der Waals surface area contributed by atoms with Gasteiger partial charge in [0.15, 0.2) is 0 Å². The first-order valence-electron chi connectivity index (χ1n) is 5.05. The zero-order valence-electron chi connectivity index (χ0n) is 9.40. The van der Waals surface area contributed by atoms with Gasteiger partial charge in [0.1, 0.15) is 11.5 Å². The lowest BCUT2D eigenvalue weighted by molar-refractivity contribution is 0.102. The minimum absolute atomic E-state index is 0.122. The minimum Gasteiger partial charge on any atom is -0.305 e. The van der Waals surface area contributed by atoms with E-state index in [1.807, 2.05) is 6.92 Å². The van der Waals surface area contributed by atoms with Gasteiger partial charge in [-0.15, -0.1) is 0 Å². The van der Waals surface area contributed by atoms with Crippen molar-refractivity contribution in [3.05, 3.63) is 50.5 Å². The molecule has 0 aliphatic carbocycles. The highest BCUT2D eigenvalue weighted by Crippen LogP contribution is 2.17. The largest absolute Gasteiger partial charge is 0.305 e. The number of carbonyl (C=O) groups is 1. The van der Waals surface area contributed by atoms with Crippen molar-refractivity contribution in [2.45, 2.75) is 6.92 Å². The number of rotatable bonds is 2. The van der Waals surface area contributed by atoms with E-state index in [1.165, 1.54) is 12.1 Å². The molecular formula is C11H9BrN4O2. The first kappa shape index (κ1) is 12.4. The van der Waals surface area contributed by atoms with E-state index in [2.05, 4.69) is 36.4 Å². The van der Waals surface area contributed by atoms with Crippen LogP contribution in [0.15, 0.2) is 33.7 Å². The molecule has 0 aliphatic heterocycles. The predicted molar refractivity (Wildman–Crippen MR) is 69.5 cm³/mol. The molecule has 0 atom stereocenters. The molecule has 2 N–H and O–H groups in total. The second kappa shape index (κ2) is 5.09. The third kappa shape index (κ3) is 2.80. The molecule has 92 valence electrons. The maximum absolute atomic E-state index is 11.8. The molecule has 0 aromatic carbocycles. The summed E-state index contributed by atoms with van der Waals surface area (Å²) in [5.41, 5.74) is 0.718. The molecule has 0 aliphatic rings. The Bertz CT molecular complexity index is 633. The number of aryl methyl sites for hydroxylation is 1. The van der Waals surface area contributed by atoms with Crippen molar-refractivity contribution >= 4 is 27.7 Å². The van der Waals surface area contributed by atoms with Gasteiger partial charge in [-0.1, -0.05) is 0 Å². The Morgan fingerprint density at radius 3 is 2.83 bits per heavy atom. The maximum atomic E-state index is 11.8. The molecule has 2 rings (SSSR count). The highest BCUT2D eigenvalue weighted by atomic mass is 79.9. The Balaban J connectivity index is 2.18. The Morgan fingerprint density at radius 2 is 2.22 bits per heavy atom. The van der Waals surface area contributed by atoms with E-state index in [1.54, 1.807) is 12.3 Å². The van der Waals surface area contributed by atoms with E-state index >= 15 is 0 Å². The number of amides is 1. The van der Waals surface area contributed by atoms with Gasteiger partial charge >= 0.3 is 0 Å². The van der Waals surface area contributed by atoms with Crippen molar-refractivity contribution in [1.29, 1.82) is 0 Å². The molecule has 0 spiro atoms. The van der Waals surface area contributed by atoms with Crippen molar-refractivity contribution in [3.63, 3.8) is 0 Å². The van der Waals surface area contributed by atoms with Crippen LogP contribution in [0.5, 0.6) is 0 Å². The Kier molecular flexibility index (Phi) is 3.52. The van der Waals surface area contributed by atoms with E-state index in [9.17, 15) is 9.59 Å². The summed E-state index contributed by atoms with van der Waals surface area (Å²) in [5, 5.41) is 8.41. The number of aromatic nitrogens is 3. The summed E-state index contributed by atoms with van der Waals surface area (Å²) in [6.07, 6.45) is 1.60. The van der Waals surface area contributed by atoms with Crippen molar-refractivity contribution in [3.8, 4) is 0 Å². The number of anilines is 1. The van der Waals surface area contributed by atoms with Crippen LogP contribution >= 0.6 is 15.9 Å². The number of H-pyrrole nitrogens is 1. The average molecular weight is 309 g/mol. The molecule has 0 radical (unpaired) electrons. The molecule has 2 aromatic heterocycles. The Hall–Kier alpha value is -2.02. The summed E-state index contributed by atoms with van der Waals surface area (Å²) in [5.74, 6) is -0.00540. The van der Waals surface area contributed by atoms with Crippen molar-refractivity contribution in [2.24, 2.45) is 0 Å². The average Bonchev–Trinajstić information content (AvgIpc) is 2.34. The van der Waals surface area contributed by atoms with Gasteiger partial charge in [0.05, 0.1) is 0 Å². The van der Waals surface area contributed by atoms with Crippen molar-refractivity contribution in [2.75, 3.05) is 5.32 Å². The van der Waals surface area contributed by atoms with Gasteiger partial charge in [-0.2, -0.15) is 5.10 Å². The molecule has 2 heterocycles. The molecule has 7 heteroatoms. The first-order chi connectivity index (χ1) is 8.56. The number of carbonyl (C=O) groups excluding carboxylic acids is 1. The molecule has 18 heavy (non-hydrogen) atoms. The van der Waals surface area contributed by atoms with E-state index < -0.39 is 5.91 Å². The highest BCUT2D eigenvalue weighted by molar-refractivity contribution is 9.10. The van der Waals surface area contributed by atoms with Gasteiger partial charge in [0.2, 0.25) is 0 Å². The second-order valence-electron chi connectivity index (χ2n) is 3.58. The van der Waals surface area contributed by atoms with Crippen LogP contribution in [0.2, 0.25) is 0 Å². The summed E-state index contributed by atoms with van der Waals surface area (Å²) in [6.45, 7) is 1.89. The molecular weight excluding hydrogens is 300 g/mol. The van der Waals surface area contributed by atoms with E-state index in [0.717, 1.165) is 10.0 Å². The molecule has 0 saturated carbocycles. The number of halogens is 1. The number of aromatic amines is 1. The normalized spacial score (nSPS) is 10.1. The lowest BCUT2D eigenvalue weighted by Gasteiger charge is -2.05. The first-order valence-corrected chi connectivity index (χ1v) is 5.85. The van der Waals surface area contributed by atoms with Crippen LogP contribution in [0.4, 0.5) is 5.82 Å². The Morgan fingerprint density at radius 1 is 1.44 bits per heavy atom. The van der Waals surface area contributed by atoms with Gasteiger partial charge < -0.3 is 5.32 Å². The van der Waals surface area contributed by atoms with Gasteiger partial charge in [-0.05, 0) is 40.5 Å². The summed E-state index contributed by atoms with van der Waals surface area (Å²) in [7, 11) is 0. The van der Waals surface area contributed by atoms with Crippen LogP contribution in [0.1, 0.15) is 16.1 Å². The van der Waals surface area contributed by atoms with E-state index in [-0.39, 0.29) is 11.3 Å². The standard InChI is InChI=1S/C11H9BrN4O2/c1-6-4-9(13-5-7(6)12)14-11(18)8-2-3-10(17)16-15-8/h2-5H,1H3,(H,16,17)(H,13,14,18). The number of hydrogen-bond acceptors (Lipinski definition) is 4. The van der Waals surface area contributed by atoms with E-state index in [4.69, 9.17) is 0 Å². The third-order valence-electron chi connectivity index (χ3n) is 2.20. The summed E-state index contributed by atoms with van der Waals surface area (Å²) < 4.78 is 0.864. The van der Waals surface area contributed by atoms with Gasteiger partial charge in [-0.3, -0.25) is 9.59 Å². The molecule has 0 fully saturated rings. The zero-order chi connectivity index (χ0) is 13.1. The SMILES string of the molecule is Cc1cc(NC(=O)c2ccc(=O)[nH]n2)ncc1Br. The van der Waals surface area contributed by atoms with Crippen LogP contribution in [-0.2, 0) is 0 Å². The van der Waals surface area contributed by atoms with Crippen LogP contribution in [-0.4, -0.2) is 21.1 Å². The molecule has 0 unspecified atom stereocenters. The monoisotopic (exact) mass is 308 g/mol. The Labute approximate surface area is 111 Å². The summed E-state index contributed by atoms with van der Waals surface area (Å²) in [4.78, 5) is 26.6. The second-order valence-corrected chi connectivity index (χ2v) is 4.43. The zero-order valence-corrected chi connectivity index (χ0v) is 11.0. The molecule has 6 nitrogen and oxygen atoms in total. The van der Waals surface area contributed by atoms with Crippen LogP contribution in [0.3, 0.4) is 0 Å². The number of hydrogen-bond donors (Lipinski definition) is 2. The number of nitrogens with zero attached hydrogens (tertiary/aromatic N) is 2. The van der Waals surface area contributed by atoms with Crippen LogP contribution in [0.25, 0.3) is 0 Å². The highest BCUT2D eigenvalue weighted by Gasteiger charge is 2.09. The lowest BCUT2D eigenvalue weighted by Crippen LogP contribution is -2.18. The molecule has 0 bridgehead atoms. The fourth-order valence-electron chi connectivity index (χ4n) is 1.26. The third-order valence-corrected chi connectivity index (χ3v) is 3.03. The maximum Gasteiger partial charge on any atom is 0.277 e. The smallest absolute Gasteiger partial charge is 0.277 e. The van der Waals surface area contributed by atoms with Gasteiger partial charge in [0, 0.05) is 16.7 Å². The topological polar surface area (TPSA) is 87.7 Å². The molecule has 2 aromatic rings. The fourth-order valence-corrected chi connectivity index (χ4v) is 1.48. The minimum atomic E-state index is -0.430. The fraction of sp³-hybridized carbons (Fsp3) is 0.0909. The summed E-state index contributed by atoms with van der Waals surface area (Å²) >= 11 is 3.32. The predicted octanol–water partition coefficient (Wildman–Crippen LogP) is 1.49. The van der Waals surface area contributed by atoms with Crippen molar-refractivity contribution < 1.29 is 4.79 Å². The van der Waals surface area contributed by atoms with E-state index in [0.29, 0.717) is 5.82 Å². The van der Waals surface area contributed by atoms with Crippen molar-refractivity contribution in [1.82, 2.24) is 15.2 Å². The van der Waals surface area contributed by atoms with Crippen LogP contribution < -0.4 is 10.9 Å². The number of nitrogens with one attached hydrogen (secondary N) is 2. The lowest BCUT2D eigenvalue weighted by atomic mass is 10.3.